The Morgan fingerprint density at radius 2 is 2.12 bits per heavy atom. The van der Waals surface area contributed by atoms with Gasteiger partial charge >= 0.3 is 0 Å². The molecule has 0 amide bonds. The SMILES string of the molecule is COc1c(Cl)cccc1CN1CCNCC1. The minimum Gasteiger partial charge on any atom is -0.495 e. The van der Waals surface area contributed by atoms with Gasteiger partial charge < -0.3 is 10.1 Å². The van der Waals surface area contributed by atoms with Gasteiger partial charge in [-0.3, -0.25) is 4.90 Å². The molecule has 0 atom stereocenters. The van der Waals surface area contributed by atoms with Gasteiger partial charge in [-0.1, -0.05) is 23.7 Å². The first-order valence-electron chi connectivity index (χ1n) is 5.55. The normalized spacial score (nSPS) is 17.4. The van der Waals surface area contributed by atoms with E-state index in [1.54, 1.807) is 7.11 Å². The first-order chi connectivity index (χ1) is 7.81. The van der Waals surface area contributed by atoms with E-state index in [0.29, 0.717) is 5.02 Å². The number of ether oxygens (including phenoxy) is 1. The molecule has 1 saturated heterocycles. The summed E-state index contributed by atoms with van der Waals surface area (Å²) in [6.45, 7) is 5.18. The van der Waals surface area contributed by atoms with Gasteiger partial charge in [-0.05, 0) is 6.07 Å². The van der Waals surface area contributed by atoms with Crippen LogP contribution in [0.1, 0.15) is 5.56 Å². The van der Waals surface area contributed by atoms with Crippen molar-refractivity contribution in [2.75, 3.05) is 33.3 Å². The Hall–Kier alpha value is -0.770. The van der Waals surface area contributed by atoms with Crippen molar-refractivity contribution in [3.05, 3.63) is 28.8 Å². The van der Waals surface area contributed by atoms with E-state index in [-0.39, 0.29) is 0 Å². The van der Waals surface area contributed by atoms with Gasteiger partial charge in [0.2, 0.25) is 0 Å². The summed E-state index contributed by atoms with van der Waals surface area (Å²) < 4.78 is 5.34. The number of hydrogen-bond acceptors (Lipinski definition) is 3. The number of halogens is 1. The van der Waals surface area contributed by atoms with Crippen molar-refractivity contribution < 1.29 is 4.74 Å². The molecule has 1 aromatic carbocycles. The van der Waals surface area contributed by atoms with Crippen LogP contribution in [0.4, 0.5) is 0 Å². The molecule has 0 radical (unpaired) electrons. The smallest absolute Gasteiger partial charge is 0.141 e. The monoisotopic (exact) mass is 240 g/mol. The first kappa shape index (κ1) is 11.7. The average molecular weight is 241 g/mol. The van der Waals surface area contributed by atoms with Gasteiger partial charge in [-0.25, -0.2) is 0 Å². The van der Waals surface area contributed by atoms with E-state index < -0.39 is 0 Å². The summed E-state index contributed by atoms with van der Waals surface area (Å²) in [4.78, 5) is 2.41. The molecule has 0 spiro atoms. The molecule has 1 heterocycles. The van der Waals surface area contributed by atoms with Crippen LogP contribution >= 0.6 is 11.6 Å². The Bertz CT molecular complexity index is 351. The van der Waals surface area contributed by atoms with Crippen molar-refractivity contribution in [1.29, 1.82) is 0 Å². The number of para-hydroxylation sites is 1. The second-order valence-corrected chi connectivity index (χ2v) is 4.37. The summed E-state index contributed by atoms with van der Waals surface area (Å²) in [5, 5.41) is 4.03. The lowest BCUT2D eigenvalue weighted by atomic mass is 10.1. The van der Waals surface area contributed by atoms with Gasteiger partial charge in [-0.2, -0.15) is 0 Å². The molecule has 1 aliphatic heterocycles. The first-order valence-corrected chi connectivity index (χ1v) is 5.93. The number of nitrogens with one attached hydrogen (secondary N) is 1. The Morgan fingerprint density at radius 3 is 2.81 bits per heavy atom. The van der Waals surface area contributed by atoms with Crippen molar-refractivity contribution >= 4 is 11.6 Å². The molecule has 1 N–H and O–H groups in total. The quantitative estimate of drug-likeness (QED) is 0.872. The topological polar surface area (TPSA) is 24.5 Å². The Labute approximate surface area is 101 Å². The molecule has 0 unspecified atom stereocenters. The van der Waals surface area contributed by atoms with Crippen LogP contribution in [0.5, 0.6) is 5.75 Å². The fourth-order valence-electron chi connectivity index (χ4n) is 2.02. The fraction of sp³-hybridized carbons (Fsp3) is 0.500. The number of piperazine rings is 1. The van der Waals surface area contributed by atoms with E-state index in [2.05, 4.69) is 16.3 Å². The van der Waals surface area contributed by atoms with Crippen LogP contribution < -0.4 is 10.1 Å². The number of hydrogen-bond donors (Lipinski definition) is 1. The summed E-state index contributed by atoms with van der Waals surface area (Å²) in [5.74, 6) is 0.808. The van der Waals surface area contributed by atoms with Crippen LogP contribution in [0, 0.1) is 0 Å². The minimum absolute atomic E-state index is 0.690. The molecular formula is C12H17ClN2O. The summed E-state index contributed by atoms with van der Waals surface area (Å²) in [5.41, 5.74) is 1.16. The van der Waals surface area contributed by atoms with Gasteiger partial charge in [0.25, 0.3) is 0 Å². The molecule has 0 bridgehead atoms. The van der Waals surface area contributed by atoms with E-state index in [1.807, 2.05) is 12.1 Å². The molecule has 16 heavy (non-hydrogen) atoms. The highest BCUT2D eigenvalue weighted by atomic mass is 35.5. The predicted molar refractivity (Wildman–Crippen MR) is 66.2 cm³/mol. The zero-order valence-corrected chi connectivity index (χ0v) is 10.3. The van der Waals surface area contributed by atoms with Crippen molar-refractivity contribution in [2.45, 2.75) is 6.54 Å². The molecule has 1 aromatic rings. The average Bonchev–Trinajstić information content (AvgIpc) is 2.31. The molecule has 2 rings (SSSR count). The maximum absolute atomic E-state index is 6.09. The molecule has 4 heteroatoms. The largest absolute Gasteiger partial charge is 0.495 e. The highest BCUT2D eigenvalue weighted by molar-refractivity contribution is 6.32. The van der Waals surface area contributed by atoms with E-state index in [4.69, 9.17) is 16.3 Å². The van der Waals surface area contributed by atoms with Crippen LogP contribution in [-0.2, 0) is 6.54 Å². The molecule has 0 aliphatic carbocycles. The highest BCUT2D eigenvalue weighted by Gasteiger charge is 2.13. The van der Waals surface area contributed by atoms with E-state index in [1.165, 1.54) is 0 Å². The molecule has 1 aliphatic rings. The fourth-order valence-corrected chi connectivity index (χ4v) is 2.29. The molecule has 1 fully saturated rings. The van der Waals surface area contributed by atoms with Crippen molar-refractivity contribution in [1.82, 2.24) is 10.2 Å². The third-order valence-electron chi connectivity index (χ3n) is 2.86. The zero-order valence-electron chi connectivity index (χ0n) is 9.50. The van der Waals surface area contributed by atoms with Gasteiger partial charge in [0.1, 0.15) is 5.75 Å². The maximum atomic E-state index is 6.09. The third kappa shape index (κ3) is 2.67. The van der Waals surface area contributed by atoms with Gasteiger partial charge in [0.05, 0.1) is 12.1 Å². The van der Waals surface area contributed by atoms with E-state index in [9.17, 15) is 0 Å². The summed E-state index contributed by atoms with van der Waals surface area (Å²) >= 11 is 6.09. The van der Waals surface area contributed by atoms with Crippen molar-refractivity contribution in [3.8, 4) is 5.75 Å². The summed E-state index contributed by atoms with van der Waals surface area (Å²) in [6.07, 6.45) is 0. The van der Waals surface area contributed by atoms with Crippen LogP contribution in [0.2, 0.25) is 5.02 Å². The number of nitrogens with zero attached hydrogens (tertiary/aromatic N) is 1. The predicted octanol–water partition coefficient (Wildman–Crippen LogP) is 1.75. The second kappa shape index (κ2) is 5.53. The van der Waals surface area contributed by atoms with Gasteiger partial charge in [0.15, 0.2) is 0 Å². The molecule has 3 nitrogen and oxygen atoms in total. The molecular weight excluding hydrogens is 224 g/mol. The highest BCUT2D eigenvalue weighted by Crippen LogP contribution is 2.29. The lowest BCUT2D eigenvalue weighted by Crippen LogP contribution is -2.42. The van der Waals surface area contributed by atoms with Gasteiger partial charge in [0, 0.05) is 38.3 Å². The standard InChI is InChI=1S/C12H17ClN2O/c1-16-12-10(3-2-4-11(12)13)9-15-7-5-14-6-8-15/h2-4,14H,5-9H2,1H3. The number of methoxy groups -OCH3 is 1. The van der Waals surface area contributed by atoms with Crippen molar-refractivity contribution in [2.24, 2.45) is 0 Å². The molecule has 88 valence electrons. The molecule has 0 aromatic heterocycles. The van der Waals surface area contributed by atoms with Crippen LogP contribution in [-0.4, -0.2) is 38.2 Å². The lowest BCUT2D eigenvalue weighted by molar-refractivity contribution is 0.230. The summed E-state index contributed by atoms with van der Waals surface area (Å²) in [6, 6.07) is 5.91. The van der Waals surface area contributed by atoms with E-state index >= 15 is 0 Å². The second-order valence-electron chi connectivity index (χ2n) is 3.96. The summed E-state index contributed by atoms with van der Waals surface area (Å²) in [7, 11) is 1.67. The third-order valence-corrected chi connectivity index (χ3v) is 3.15. The van der Waals surface area contributed by atoms with Crippen LogP contribution in [0.25, 0.3) is 0 Å². The Kier molecular flexibility index (Phi) is 4.04. The Balaban J connectivity index is 2.10. The maximum Gasteiger partial charge on any atom is 0.141 e. The van der Waals surface area contributed by atoms with E-state index in [0.717, 1.165) is 44.0 Å². The zero-order chi connectivity index (χ0) is 11.4. The van der Waals surface area contributed by atoms with Crippen LogP contribution in [0.15, 0.2) is 18.2 Å². The number of benzene rings is 1. The number of rotatable bonds is 3. The Morgan fingerprint density at radius 1 is 1.38 bits per heavy atom. The minimum atomic E-state index is 0.690. The lowest BCUT2D eigenvalue weighted by Gasteiger charge is -2.27. The van der Waals surface area contributed by atoms with Crippen molar-refractivity contribution in [3.63, 3.8) is 0 Å². The van der Waals surface area contributed by atoms with Crippen LogP contribution in [0.3, 0.4) is 0 Å². The molecule has 0 saturated carbocycles. The van der Waals surface area contributed by atoms with Gasteiger partial charge in [-0.15, -0.1) is 0 Å².